The summed E-state index contributed by atoms with van der Waals surface area (Å²) in [5, 5.41) is 15.9. The summed E-state index contributed by atoms with van der Waals surface area (Å²) < 4.78 is 0. The first-order valence-corrected chi connectivity index (χ1v) is 7.12. The number of hydrogen-bond acceptors (Lipinski definition) is 4. The second-order valence-corrected chi connectivity index (χ2v) is 5.13. The first-order chi connectivity index (χ1) is 9.08. The molecule has 0 spiro atoms. The fraction of sp³-hybridized carbons (Fsp3) is 0.583. The van der Waals surface area contributed by atoms with Crippen LogP contribution >= 0.6 is 11.3 Å². The number of aromatic nitrogens is 1. The summed E-state index contributed by atoms with van der Waals surface area (Å²) >= 11 is 1.49. The lowest BCUT2D eigenvalue weighted by atomic mass is 10.0. The predicted molar refractivity (Wildman–Crippen MR) is 73.0 cm³/mol. The van der Waals surface area contributed by atoms with E-state index in [0.29, 0.717) is 19.5 Å². The molecule has 0 aliphatic carbocycles. The summed E-state index contributed by atoms with van der Waals surface area (Å²) in [5.41, 5.74) is 2.56. The molecule has 3 N–H and O–H groups in total. The molecule has 0 aromatic carbocycles. The lowest BCUT2D eigenvalue weighted by Gasteiger charge is -2.11. The van der Waals surface area contributed by atoms with Gasteiger partial charge in [0.05, 0.1) is 17.7 Å². The fourth-order valence-electron chi connectivity index (χ4n) is 1.50. The van der Waals surface area contributed by atoms with Crippen LogP contribution in [0.2, 0.25) is 0 Å². The minimum atomic E-state index is -0.777. The Morgan fingerprint density at radius 2 is 2.21 bits per heavy atom. The summed E-state index contributed by atoms with van der Waals surface area (Å²) in [6, 6.07) is -0.224. The molecule has 106 valence electrons. The molecule has 1 aromatic rings. The summed E-state index contributed by atoms with van der Waals surface area (Å²) in [6.07, 6.45) is 1.59. The van der Waals surface area contributed by atoms with Gasteiger partial charge in [0, 0.05) is 18.3 Å². The fourth-order valence-corrected chi connectivity index (χ4v) is 2.06. The van der Waals surface area contributed by atoms with E-state index in [9.17, 15) is 9.59 Å². The smallest absolute Gasteiger partial charge is 0.315 e. The third-order valence-electron chi connectivity index (χ3n) is 2.69. The highest BCUT2D eigenvalue weighted by Crippen LogP contribution is 2.09. The third kappa shape index (κ3) is 7.40. The van der Waals surface area contributed by atoms with Crippen LogP contribution < -0.4 is 10.6 Å². The number of carboxylic acids is 1. The minimum absolute atomic E-state index is 0.178. The van der Waals surface area contributed by atoms with Crippen LogP contribution in [0.25, 0.3) is 0 Å². The first-order valence-electron chi connectivity index (χ1n) is 6.18. The Balaban J connectivity index is 2.05. The van der Waals surface area contributed by atoms with Crippen LogP contribution in [0, 0.1) is 5.92 Å². The number of rotatable bonds is 8. The van der Waals surface area contributed by atoms with Crippen LogP contribution in [0.1, 0.15) is 31.9 Å². The summed E-state index contributed by atoms with van der Waals surface area (Å²) in [5.74, 6) is -0.490. The van der Waals surface area contributed by atoms with Gasteiger partial charge in [0.2, 0.25) is 0 Å². The maximum Gasteiger partial charge on any atom is 0.315 e. The van der Waals surface area contributed by atoms with Crippen molar-refractivity contribution in [1.29, 1.82) is 0 Å². The van der Waals surface area contributed by atoms with Gasteiger partial charge in [0.1, 0.15) is 0 Å². The van der Waals surface area contributed by atoms with Gasteiger partial charge in [-0.15, -0.1) is 11.3 Å². The highest BCUT2D eigenvalue weighted by molar-refractivity contribution is 7.07. The molecule has 0 aliphatic heterocycles. The van der Waals surface area contributed by atoms with Gasteiger partial charge in [0.15, 0.2) is 0 Å². The summed E-state index contributed by atoms with van der Waals surface area (Å²) in [7, 11) is 0. The van der Waals surface area contributed by atoms with Crippen LogP contribution in [0.4, 0.5) is 4.79 Å². The Bertz CT molecular complexity index is 395. The molecule has 0 fully saturated rings. The van der Waals surface area contributed by atoms with Crippen molar-refractivity contribution in [2.45, 2.75) is 32.7 Å². The van der Waals surface area contributed by atoms with Crippen molar-refractivity contribution >= 4 is 23.3 Å². The molecule has 1 heterocycles. The zero-order valence-electron chi connectivity index (χ0n) is 10.9. The average molecular weight is 285 g/mol. The van der Waals surface area contributed by atoms with Crippen molar-refractivity contribution in [2.75, 3.05) is 6.54 Å². The van der Waals surface area contributed by atoms with Gasteiger partial charge in [-0.05, 0) is 18.8 Å². The molecular weight excluding hydrogens is 266 g/mol. The molecule has 1 aromatic heterocycles. The second-order valence-electron chi connectivity index (χ2n) is 4.42. The van der Waals surface area contributed by atoms with Crippen molar-refractivity contribution < 1.29 is 14.7 Å². The Hall–Kier alpha value is -1.63. The van der Waals surface area contributed by atoms with Crippen LogP contribution in [0.3, 0.4) is 0 Å². The zero-order chi connectivity index (χ0) is 14.1. The van der Waals surface area contributed by atoms with Gasteiger partial charge in [-0.25, -0.2) is 9.78 Å². The molecule has 1 atom stereocenters. The Morgan fingerprint density at radius 1 is 1.42 bits per heavy atom. The molecule has 0 aliphatic rings. The molecule has 0 radical (unpaired) electrons. The summed E-state index contributed by atoms with van der Waals surface area (Å²) in [4.78, 5) is 25.9. The number of nitrogens with zero attached hydrogens (tertiary/aromatic N) is 1. The van der Waals surface area contributed by atoms with E-state index in [1.54, 1.807) is 5.51 Å². The largest absolute Gasteiger partial charge is 0.481 e. The topological polar surface area (TPSA) is 91.3 Å². The van der Waals surface area contributed by atoms with Crippen molar-refractivity contribution in [3.8, 4) is 0 Å². The van der Waals surface area contributed by atoms with Gasteiger partial charge in [-0.3, -0.25) is 4.79 Å². The van der Waals surface area contributed by atoms with Gasteiger partial charge in [0.25, 0.3) is 0 Å². The maximum absolute atomic E-state index is 11.4. The lowest BCUT2D eigenvalue weighted by Crippen LogP contribution is -2.36. The lowest BCUT2D eigenvalue weighted by molar-refractivity contribution is -0.137. The number of nitrogens with one attached hydrogen (secondary N) is 2. The van der Waals surface area contributed by atoms with E-state index in [4.69, 9.17) is 5.11 Å². The number of urea groups is 1. The van der Waals surface area contributed by atoms with Crippen molar-refractivity contribution in [3.63, 3.8) is 0 Å². The van der Waals surface area contributed by atoms with Gasteiger partial charge in [-0.2, -0.15) is 0 Å². The summed E-state index contributed by atoms with van der Waals surface area (Å²) in [6.45, 7) is 2.95. The quantitative estimate of drug-likeness (QED) is 0.679. The molecule has 1 unspecified atom stereocenters. The molecule has 6 nitrogen and oxygen atoms in total. The zero-order valence-corrected chi connectivity index (χ0v) is 11.7. The van der Waals surface area contributed by atoms with E-state index in [1.165, 1.54) is 11.3 Å². The maximum atomic E-state index is 11.4. The molecule has 0 saturated heterocycles. The highest BCUT2D eigenvalue weighted by atomic mass is 32.1. The number of carbonyl (C=O) groups is 2. The van der Waals surface area contributed by atoms with Gasteiger partial charge >= 0.3 is 12.0 Å². The minimum Gasteiger partial charge on any atom is -0.481 e. The molecule has 0 bridgehead atoms. The molecule has 1 rings (SSSR count). The van der Waals surface area contributed by atoms with Crippen molar-refractivity contribution in [3.05, 3.63) is 16.6 Å². The number of carboxylic acid groups (broad SMARTS) is 1. The van der Waals surface area contributed by atoms with Crippen LogP contribution in [-0.4, -0.2) is 28.6 Å². The van der Waals surface area contributed by atoms with Crippen LogP contribution in [0.15, 0.2) is 10.9 Å². The van der Waals surface area contributed by atoms with E-state index in [0.717, 1.165) is 12.1 Å². The number of thiazole rings is 1. The van der Waals surface area contributed by atoms with Gasteiger partial charge in [-0.1, -0.05) is 6.92 Å². The van der Waals surface area contributed by atoms with E-state index in [-0.39, 0.29) is 18.4 Å². The van der Waals surface area contributed by atoms with Crippen LogP contribution in [0.5, 0.6) is 0 Å². The number of carbonyl (C=O) groups excluding carboxylic acids is 1. The average Bonchev–Trinajstić information content (AvgIpc) is 2.87. The number of hydrogen-bond donors (Lipinski definition) is 3. The Labute approximate surface area is 116 Å². The van der Waals surface area contributed by atoms with E-state index in [1.807, 2.05) is 12.3 Å². The van der Waals surface area contributed by atoms with Crippen molar-refractivity contribution in [1.82, 2.24) is 15.6 Å². The number of aliphatic carboxylic acids is 1. The molecule has 0 saturated carbocycles. The second kappa shape index (κ2) is 8.47. The monoisotopic (exact) mass is 285 g/mol. The Kier molecular flexibility index (Phi) is 6.88. The highest BCUT2D eigenvalue weighted by Gasteiger charge is 2.06. The van der Waals surface area contributed by atoms with E-state index in [2.05, 4.69) is 15.6 Å². The third-order valence-corrected chi connectivity index (χ3v) is 3.32. The Morgan fingerprint density at radius 3 is 2.84 bits per heavy atom. The predicted octanol–water partition coefficient (Wildman–Crippen LogP) is 1.83. The van der Waals surface area contributed by atoms with E-state index < -0.39 is 5.97 Å². The van der Waals surface area contributed by atoms with Crippen molar-refractivity contribution in [2.24, 2.45) is 5.92 Å². The van der Waals surface area contributed by atoms with E-state index >= 15 is 0 Å². The van der Waals surface area contributed by atoms with Gasteiger partial charge < -0.3 is 15.7 Å². The molecule has 7 heteroatoms. The standard InChI is InChI=1S/C12H19N3O3S/c1-9(2-3-11(16)17)4-5-13-12(18)14-6-10-7-19-8-15-10/h7-9H,2-6H2,1H3,(H,16,17)(H2,13,14,18). The normalized spacial score (nSPS) is 11.8. The molecular formula is C12H19N3O3S. The SMILES string of the molecule is CC(CCNC(=O)NCc1cscn1)CCC(=O)O. The first kappa shape index (κ1) is 15.4. The van der Waals surface area contributed by atoms with Crippen LogP contribution in [-0.2, 0) is 11.3 Å². The molecule has 19 heavy (non-hydrogen) atoms. The molecule has 2 amide bonds. The number of amides is 2.